The molecule has 1 aliphatic heterocycles. The van der Waals surface area contributed by atoms with E-state index in [4.69, 9.17) is 4.74 Å². The lowest BCUT2D eigenvalue weighted by molar-refractivity contribution is 0.102. The van der Waals surface area contributed by atoms with Gasteiger partial charge in [0.1, 0.15) is 6.10 Å². The first-order chi connectivity index (χ1) is 8.11. The Hall–Kier alpha value is -0.810. The second-order valence-electron chi connectivity index (χ2n) is 4.70. The first kappa shape index (κ1) is 14.3. The zero-order valence-corrected chi connectivity index (χ0v) is 11.2. The number of carbonyl (C=O) groups excluding carboxylic acids is 1. The lowest BCUT2D eigenvalue weighted by atomic mass is 10.3. The van der Waals surface area contributed by atoms with Crippen LogP contribution in [-0.2, 0) is 4.74 Å². The molecule has 1 N–H and O–H groups in total. The number of hydrogen-bond donors (Lipinski definition) is 1. The minimum absolute atomic E-state index is 0.00126. The highest BCUT2D eigenvalue weighted by Gasteiger charge is 2.13. The standard InChI is InChI=1S/C12H25N3O2/c1-4-11(2)17-12(16)13-5-6-15-9-7-14(3)8-10-15/h11H,4-10H2,1-3H3,(H,13,16). The number of ether oxygens (including phenoxy) is 1. The van der Waals surface area contributed by atoms with Crippen molar-refractivity contribution < 1.29 is 9.53 Å². The van der Waals surface area contributed by atoms with Gasteiger partial charge in [0.15, 0.2) is 0 Å². The maximum atomic E-state index is 11.3. The number of piperazine rings is 1. The third-order valence-corrected chi connectivity index (χ3v) is 3.18. The van der Waals surface area contributed by atoms with Gasteiger partial charge in [0, 0.05) is 39.3 Å². The second-order valence-corrected chi connectivity index (χ2v) is 4.70. The van der Waals surface area contributed by atoms with Crippen molar-refractivity contribution in [2.45, 2.75) is 26.4 Å². The van der Waals surface area contributed by atoms with Crippen LogP contribution in [0.5, 0.6) is 0 Å². The molecule has 1 amide bonds. The number of hydrogen-bond acceptors (Lipinski definition) is 4. The zero-order valence-electron chi connectivity index (χ0n) is 11.2. The minimum atomic E-state index is -0.298. The van der Waals surface area contributed by atoms with Crippen LogP contribution >= 0.6 is 0 Å². The van der Waals surface area contributed by atoms with Gasteiger partial charge in [-0.3, -0.25) is 4.90 Å². The summed E-state index contributed by atoms with van der Waals surface area (Å²) < 4.78 is 5.13. The van der Waals surface area contributed by atoms with Gasteiger partial charge in [-0.1, -0.05) is 6.92 Å². The van der Waals surface area contributed by atoms with E-state index in [0.717, 1.165) is 39.1 Å². The second kappa shape index (κ2) is 7.50. The van der Waals surface area contributed by atoms with Gasteiger partial charge in [-0.05, 0) is 20.4 Å². The molecule has 0 aromatic carbocycles. The van der Waals surface area contributed by atoms with Gasteiger partial charge in [0.25, 0.3) is 0 Å². The number of amides is 1. The fourth-order valence-corrected chi connectivity index (χ4v) is 1.70. The molecule has 1 saturated heterocycles. The van der Waals surface area contributed by atoms with Gasteiger partial charge in [0.05, 0.1) is 0 Å². The number of rotatable bonds is 5. The van der Waals surface area contributed by atoms with Gasteiger partial charge < -0.3 is 15.0 Å². The van der Waals surface area contributed by atoms with Crippen LogP contribution in [0.2, 0.25) is 0 Å². The SMILES string of the molecule is CCC(C)OC(=O)NCCN1CCN(C)CC1. The van der Waals surface area contributed by atoms with Crippen molar-refractivity contribution in [3.63, 3.8) is 0 Å². The van der Waals surface area contributed by atoms with Gasteiger partial charge in [0.2, 0.25) is 0 Å². The molecule has 0 aromatic rings. The van der Waals surface area contributed by atoms with Gasteiger partial charge in [-0.15, -0.1) is 0 Å². The van der Waals surface area contributed by atoms with Crippen molar-refractivity contribution in [3.8, 4) is 0 Å². The molecule has 5 nitrogen and oxygen atoms in total. The summed E-state index contributed by atoms with van der Waals surface area (Å²) in [6.45, 7) is 9.86. The van der Waals surface area contributed by atoms with Crippen LogP contribution in [0.1, 0.15) is 20.3 Å². The molecule has 100 valence electrons. The summed E-state index contributed by atoms with van der Waals surface area (Å²) in [7, 11) is 2.14. The molecule has 17 heavy (non-hydrogen) atoms. The van der Waals surface area contributed by atoms with Gasteiger partial charge >= 0.3 is 6.09 Å². The number of nitrogens with zero attached hydrogens (tertiary/aromatic N) is 2. The van der Waals surface area contributed by atoms with Gasteiger partial charge in [-0.2, -0.15) is 0 Å². The van der Waals surface area contributed by atoms with E-state index in [2.05, 4.69) is 22.2 Å². The molecule has 0 bridgehead atoms. The molecule has 0 aromatic heterocycles. The van der Waals surface area contributed by atoms with Crippen molar-refractivity contribution in [1.29, 1.82) is 0 Å². The Balaban J connectivity index is 2.05. The maximum Gasteiger partial charge on any atom is 0.407 e. The predicted octanol–water partition coefficient (Wildman–Crippen LogP) is 0.759. The third kappa shape index (κ3) is 5.89. The molecule has 1 unspecified atom stereocenters. The molecule has 0 spiro atoms. The predicted molar refractivity (Wildman–Crippen MR) is 68.2 cm³/mol. The molecule has 1 fully saturated rings. The van der Waals surface area contributed by atoms with Crippen LogP contribution in [0.25, 0.3) is 0 Å². The Kier molecular flexibility index (Phi) is 6.29. The molecule has 1 aliphatic rings. The lowest BCUT2D eigenvalue weighted by Gasteiger charge is -2.32. The van der Waals surface area contributed by atoms with Crippen LogP contribution in [-0.4, -0.2) is 68.3 Å². The van der Waals surface area contributed by atoms with E-state index in [0.29, 0.717) is 6.54 Å². The highest BCUT2D eigenvalue weighted by molar-refractivity contribution is 5.67. The smallest absolute Gasteiger partial charge is 0.407 e. The number of nitrogens with one attached hydrogen (secondary N) is 1. The van der Waals surface area contributed by atoms with E-state index in [9.17, 15) is 4.79 Å². The number of likely N-dealkylation sites (N-methyl/N-ethyl adjacent to an activating group) is 1. The molecule has 0 saturated carbocycles. The van der Waals surface area contributed by atoms with E-state index >= 15 is 0 Å². The lowest BCUT2D eigenvalue weighted by Crippen LogP contribution is -2.47. The summed E-state index contributed by atoms with van der Waals surface area (Å²) in [5.74, 6) is 0. The summed E-state index contributed by atoms with van der Waals surface area (Å²) in [5, 5.41) is 2.79. The fourth-order valence-electron chi connectivity index (χ4n) is 1.70. The topological polar surface area (TPSA) is 44.8 Å². The van der Waals surface area contributed by atoms with Crippen LogP contribution in [0.4, 0.5) is 4.79 Å². The fraction of sp³-hybridized carbons (Fsp3) is 0.917. The first-order valence-corrected chi connectivity index (χ1v) is 6.47. The normalized spacial score (nSPS) is 19.9. The van der Waals surface area contributed by atoms with E-state index in [1.807, 2.05) is 13.8 Å². The molecular formula is C12H25N3O2. The van der Waals surface area contributed by atoms with Crippen LogP contribution in [0.3, 0.4) is 0 Å². The van der Waals surface area contributed by atoms with Crippen molar-refractivity contribution in [3.05, 3.63) is 0 Å². The van der Waals surface area contributed by atoms with Gasteiger partial charge in [-0.25, -0.2) is 4.79 Å². The summed E-state index contributed by atoms with van der Waals surface area (Å²) in [6.07, 6.45) is 0.554. The highest BCUT2D eigenvalue weighted by atomic mass is 16.6. The van der Waals surface area contributed by atoms with Crippen molar-refractivity contribution in [2.24, 2.45) is 0 Å². The monoisotopic (exact) mass is 243 g/mol. The molecular weight excluding hydrogens is 218 g/mol. The van der Waals surface area contributed by atoms with E-state index in [-0.39, 0.29) is 12.2 Å². The number of carbonyl (C=O) groups is 1. The largest absolute Gasteiger partial charge is 0.447 e. The van der Waals surface area contributed by atoms with E-state index in [1.54, 1.807) is 0 Å². The molecule has 5 heteroatoms. The molecule has 1 heterocycles. The first-order valence-electron chi connectivity index (χ1n) is 6.47. The van der Waals surface area contributed by atoms with Crippen LogP contribution in [0.15, 0.2) is 0 Å². The average Bonchev–Trinajstić information content (AvgIpc) is 2.31. The number of alkyl carbamates (subject to hydrolysis) is 1. The molecule has 0 aliphatic carbocycles. The zero-order chi connectivity index (χ0) is 12.7. The summed E-state index contributed by atoms with van der Waals surface area (Å²) in [4.78, 5) is 16.0. The van der Waals surface area contributed by atoms with Crippen LogP contribution in [0, 0.1) is 0 Å². The van der Waals surface area contributed by atoms with E-state index in [1.165, 1.54) is 0 Å². The Bertz CT molecular complexity index is 228. The Labute approximate surface area is 104 Å². The Morgan fingerprint density at radius 1 is 1.35 bits per heavy atom. The minimum Gasteiger partial charge on any atom is -0.447 e. The molecule has 0 radical (unpaired) electrons. The van der Waals surface area contributed by atoms with E-state index < -0.39 is 0 Å². The highest BCUT2D eigenvalue weighted by Crippen LogP contribution is 1.98. The Morgan fingerprint density at radius 2 is 2.00 bits per heavy atom. The summed E-state index contributed by atoms with van der Waals surface area (Å²) >= 11 is 0. The summed E-state index contributed by atoms with van der Waals surface area (Å²) in [5.41, 5.74) is 0. The Morgan fingerprint density at radius 3 is 2.59 bits per heavy atom. The summed E-state index contributed by atoms with van der Waals surface area (Å²) in [6, 6.07) is 0. The van der Waals surface area contributed by atoms with Crippen molar-refractivity contribution >= 4 is 6.09 Å². The van der Waals surface area contributed by atoms with Crippen molar-refractivity contribution in [2.75, 3.05) is 46.3 Å². The molecule has 1 atom stereocenters. The van der Waals surface area contributed by atoms with Crippen LogP contribution < -0.4 is 5.32 Å². The average molecular weight is 243 g/mol. The van der Waals surface area contributed by atoms with Crippen molar-refractivity contribution in [1.82, 2.24) is 15.1 Å². The molecule has 1 rings (SSSR count). The maximum absolute atomic E-state index is 11.3. The quantitative estimate of drug-likeness (QED) is 0.774. The third-order valence-electron chi connectivity index (χ3n) is 3.18.